The molecule has 2 saturated heterocycles. The number of nitrogens with zero attached hydrogens (tertiary/aromatic N) is 4. The summed E-state index contributed by atoms with van der Waals surface area (Å²) in [4.78, 5) is 43.5. The fourth-order valence-electron chi connectivity index (χ4n) is 4.16. The van der Waals surface area contributed by atoms with Crippen molar-refractivity contribution in [1.29, 1.82) is 0 Å². The molecule has 1 aromatic carbocycles. The number of aromatic nitrogens is 1. The lowest BCUT2D eigenvalue weighted by Gasteiger charge is -2.42. The molecule has 0 saturated carbocycles. The van der Waals surface area contributed by atoms with Crippen LogP contribution in [0.4, 0.5) is 5.69 Å². The van der Waals surface area contributed by atoms with E-state index in [2.05, 4.69) is 4.90 Å². The summed E-state index contributed by atoms with van der Waals surface area (Å²) < 4.78 is 1.45. The van der Waals surface area contributed by atoms with Gasteiger partial charge >= 0.3 is 0 Å². The topological polar surface area (TPSA) is 65.9 Å². The van der Waals surface area contributed by atoms with Gasteiger partial charge in [0.15, 0.2) is 0 Å². The first-order chi connectivity index (χ1) is 14.0. The number of anilines is 1. The molecule has 4 rings (SSSR count). The molecular formula is C22H26N4O3. The second-order valence-electron chi connectivity index (χ2n) is 7.68. The molecule has 2 aromatic rings. The Morgan fingerprint density at radius 1 is 0.966 bits per heavy atom. The zero-order chi connectivity index (χ0) is 20.4. The van der Waals surface area contributed by atoms with Crippen molar-refractivity contribution < 1.29 is 9.59 Å². The van der Waals surface area contributed by atoms with Crippen molar-refractivity contribution in [2.24, 2.45) is 7.05 Å². The van der Waals surface area contributed by atoms with Gasteiger partial charge in [-0.25, -0.2) is 0 Å². The van der Waals surface area contributed by atoms with E-state index in [4.69, 9.17) is 0 Å². The Kier molecular flexibility index (Phi) is 5.49. The Morgan fingerprint density at radius 3 is 2.38 bits per heavy atom. The van der Waals surface area contributed by atoms with Crippen molar-refractivity contribution in [3.8, 4) is 0 Å². The Bertz CT molecular complexity index is 948. The van der Waals surface area contributed by atoms with Crippen LogP contribution in [0.25, 0.3) is 0 Å². The summed E-state index contributed by atoms with van der Waals surface area (Å²) in [6.45, 7) is 3.19. The molecule has 3 heterocycles. The van der Waals surface area contributed by atoms with E-state index in [1.807, 2.05) is 35.2 Å². The van der Waals surface area contributed by atoms with Crippen molar-refractivity contribution in [2.45, 2.75) is 18.9 Å². The van der Waals surface area contributed by atoms with Crippen LogP contribution in [-0.4, -0.2) is 64.9 Å². The lowest BCUT2D eigenvalue weighted by atomic mass is 10.0. The minimum atomic E-state index is -0.191. The Hall–Kier alpha value is -2.93. The maximum atomic E-state index is 13.1. The molecule has 1 aromatic heterocycles. The number of rotatable bonds is 3. The monoisotopic (exact) mass is 394 g/mol. The maximum Gasteiger partial charge on any atom is 0.254 e. The van der Waals surface area contributed by atoms with Crippen LogP contribution in [0.2, 0.25) is 0 Å². The summed E-state index contributed by atoms with van der Waals surface area (Å²) in [5.41, 5.74) is 1.18. The molecule has 0 aliphatic carbocycles. The zero-order valence-corrected chi connectivity index (χ0v) is 16.7. The van der Waals surface area contributed by atoms with Crippen LogP contribution >= 0.6 is 0 Å². The van der Waals surface area contributed by atoms with Gasteiger partial charge < -0.3 is 14.4 Å². The quantitative estimate of drug-likeness (QED) is 0.788. The van der Waals surface area contributed by atoms with Crippen molar-refractivity contribution in [3.63, 3.8) is 0 Å². The Labute approximate surface area is 170 Å². The van der Waals surface area contributed by atoms with Crippen molar-refractivity contribution >= 4 is 17.5 Å². The first-order valence-electron chi connectivity index (χ1n) is 10.1. The summed E-state index contributed by atoms with van der Waals surface area (Å²) in [5, 5.41) is 0. The van der Waals surface area contributed by atoms with Gasteiger partial charge in [0.05, 0.1) is 6.04 Å². The molecule has 2 fully saturated rings. The highest BCUT2D eigenvalue weighted by molar-refractivity contribution is 5.98. The number of hydrogen-bond acceptors (Lipinski definition) is 4. The molecule has 0 N–H and O–H groups in total. The fourth-order valence-corrected chi connectivity index (χ4v) is 4.16. The Balaban J connectivity index is 1.40. The van der Waals surface area contributed by atoms with Crippen LogP contribution in [0.15, 0.2) is 53.5 Å². The third-order valence-corrected chi connectivity index (χ3v) is 5.87. The summed E-state index contributed by atoms with van der Waals surface area (Å²) in [6.07, 6.45) is 3.44. The lowest BCUT2D eigenvalue weighted by Crippen LogP contribution is -2.58. The summed E-state index contributed by atoms with van der Waals surface area (Å²) >= 11 is 0. The molecule has 0 bridgehead atoms. The van der Waals surface area contributed by atoms with E-state index in [9.17, 15) is 14.4 Å². The SMILES string of the molecule is Cn1ccc(C(=O)N2CCN([C@@H]3CCCN(c4ccccc4)C3=O)CC2)cc1=O. The zero-order valence-electron chi connectivity index (χ0n) is 16.7. The van der Waals surface area contributed by atoms with Crippen LogP contribution in [0, 0.1) is 0 Å². The van der Waals surface area contributed by atoms with Gasteiger partial charge in [0.2, 0.25) is 5.91 Å². The summed E-state index contributed by atoms with van der Waals surface area (Å²) in [6, 6.07) is 12.7. The van der Waals surface area contributed by atoms with Crippen molar-refractivity contribution in [1.82, 2.24) is 14.4 Å². The molecule has 1 atom stereocenters. The largest absolute Gasteiger partial charge is 0.336 e. The molecule has 0 spiro atoms. The smallest absolute Gasteiger partial charge is 0.254 e. The molecule has 0 radical (unpaired) electrons. The molecule has 152 valence electrons. The molecule has 29 heavy (non-hydrogen) atoms. The van der Waals surface area contributed by atoms with E-state index in [1.54, 1.807) is 24.2 Å². The number of para-hydroxylation sites is 1. The van der Waals surface area contributed by atoms with Gasteiger partial charge in [0.25, 0.3) is 11.5 Å². The van der Waals surface area contributed by atoms with Gasteiger partial charge in [-0.05, 0) is 31.0 Å². The van der Waals surface area contributed by atoms with E-state index in [1.165, 1.54) is 10.6 Å². The van der Waals surface area contributed by atoms with Gasteiger partial charge in [0.1, 0.15) is 0 Å². The average molecular weight is 394 g/mol. The second kappa shape index (κ2) is 8.21. The number of carbonyl (C=O) groups is 2. The molecule has 2 aliphatic rings. The highest BCUT2D eigenvalue weighted by atomic mass is 16.2. The van der Waals surface area contributed by atoms with E-state index in [0.29, 0.717) is 31.7 Å². The van der Waals surface area contributed by atoms with Gasteiger partial charge in [-0.2, -0.15) is 0 Å². The molecule has 2 aliphatic heterocycles. The van der Waals surface area contributed by atoms with Gasteiger partial charge in [0, 0.05) is 63.3 Å². The van der Waals surface area contributed by atoms with Gasteiger partial charge in [-0.15, -0.1) is 0 Å². The van der Waals surface area contributed by atoms with Gasteiger partial charge in [-0.3, -0.25) is 19.3 Å². The molecule has 7 nitrogen and oxygen atoms in total. The lowest BCUT2D eigenvalue weighted by molar-refractivity contribution is -0.126. The highest BCUT2D eigenvalue weighted by Gasteiger charge is 2.36. The minimum absolute atomic E-state index is 0.122. The van der Waals surface area contributed by atoms with Crippen LogP contribution in [0.1, 0.15) is 23.2 Å². The number of hydrogen-bond donors (Lipinski definition) is 0. The number of benzene rings is 1. The fraction of sp³-hybridized carbons (Fsp3) is 0.409. The molecule has 7 heteroatoms. The number of pyridine rings is 1. The standard InChI is InChI=1S/C22H26N4O3/c1-23-11-9-17(16-20(23)27)21(28)25-14-12-24(13-15-25)19-8-5-10-26(22(19)29)18-6-3-2-4-7-18/h2-4,6-7,9,11,16,19H,5,8,10,12-15H2,1H3/t19-/m1/s1. The minimum Gasteiger partial charge on any atom is -0.336 e. The number of piperazine rings is 1. The first-order valence-corrected chi connectivity index (χ1v) is 10.1. The van der Waals surface area contributed by atoms with Crippen molar-refractivity contribution in [2.75, 3.05) is 37.6 Å². The van der Waals surface area contributed by atoms with E-state index >= 15 is 0 Å². The third kappa shape index (κ3) is 3.96. The predicted molar refractivity (Wildman–Crippen MR) is 111 cm³/mol. The van der Waals surface area contributed by atoms with Crippen LogP contribution in [0.5, 0.6) is 0 Å². The second-order valence-corrected chi connectivity index (χ2v) is 7.68. The number of amides is 2. The predicted octanol–water partition coefficient (Wildman–Crippen LogP) is 1.34. The Morgan fingerprint density at radius 2 is 1.69 bits per heavy atom. The summed E-state index contributed by atoms with van der Waals surface area (Å²) in [5.74, 6) is 0.0250. The average Bonchev–Trinajstić information content (AvgIpc) is 2.76. The van der Waals surface area contributed by atoms with E-state index in [0.717, 1.165) is 25.1 Å². The number of piperidine rings is 1. The van der Waals surface area contributed by atoms with Crippen LogP contribution in [-0.2, 0) is 11.8 Å². The number of aryl methyl sites for hydroxylation is 1. The van der Waals surface area contributed by atoms with Crippen LogP contribution in [0.3, 0.4) is 0 Å². The van der Waals surface area contributed by atoms with E-state index in [-0.39, 0.29) is 23.4 Å². The van der Waals surface area contributed by atoms with Crippen LogP contribution < -0.4 is 10.5 Å². The highest BCUT2D eigenvalue weighted by Crippen LogP contribution is 2.24. The molecule has 0 unspecified atom stereocenters. The molecule has 2 amide bonds. The van der Waals surface area contributed by atoms with Crippen molar-refractivity contribution in [3.05, 3.63) is 64.6 Å². The summed E-state index contributed by atoms with van der Waals surface area (Å²) in [7, 11) is 1.66. The third-order valence-electron chi connectivity index (χ3n) is 5.87. The maximum absolute atomic E-state index is 13.1. The molecular weight excluding hydrogens is 368 g/mol. The normalized spacial score (nSPS) is 20.7. The number of carbonyl (C=O) groups excluding carboxylic acids is 2. The van der Waals surface area contributed by atoms with Gasteiger partial charge in [-0.1, -0.05) is 18.2 Å². The first kappa shape index (κ1) is 19.4. The van der Waals surface area contributed by atoms with E-state index < -0.39 is 0 Å².